The number of carbonyl (C=O) groups excluding carboxylic acids is 1. The Labute approximate surface area is 161 Å². The Bertz CT molecular complexity index is 792. The summed E-state index contributed by atoms with van der Waals surface area (Å²) in [7, 11) is 0. The van der Waals surface area contributed by atoms with Crippen LogP contribution in [0.15, 0.2) is 6.07 Å². The summed E-state index contributed by atoms with van der Waals surface area (Å²) < 4.78 is 0. The number of likely N-dealkylation sites (tertiary alicyclic amines) is 1. The summed E-state index contributed by atoms with van der Waals surface area (Å²) in [6.07, 6.45) is 10.5. The highest BCUT2D eigenvalue weighted by Crippen LogP contribution is 2.47. The van der Waals surface area contributed by atoms with Gasteiger partial charge in [0.1, 0.15) is 6.04 Å². The Hall–Kier alpha value is -1.86. The van der Waals surface area contributed by atoms with E-state index < -0.39 is 0 Å². The number of hydrogen-bond acceptors (Lipinski definition) is 3. The van der Waals surface area contributed by atoms with Crippen molar-refractivity contribution >= 4 is 5.91 Å². The average Bonchev–Trinajstić information content (AvgIpc) is 3.08. The van der Waals surface area contributed by atoms with E-state index in [9.17, 15) is 10.1 Å². The smallest absolute Gasteiger partial charge is 0.237 e. The second kappa shape index (κ2) is 6.63. The zero-order valence-corrected chi connectivity index (χ0v) is 16.3. The molecule has 4 atom stereocenters. The van der Waals surface area contributed by atoms with E-state index in [0.29, 0.717) is 18.5 Å². The normalized spacial score (nSPS) is 28.4. The number of nitrogens with one attached hydrogen (secondary N) is 1. The number of amides is 1. The first-order valence-electron chi connectivity index (χ1n) is 10.7. The molecular weight excluding hydrogens is 334 g/mol. The van der Waals surface area contributed by atoms with Crippen LogP contribution in [-0.4, -0.2) is 35.5 Å². The number of piperidine rings is 1. The van der Waals surface area contributed by atoms with E-state index in [4.69, 9.17) is 0 Å². The zero-order valence-electron chi connectivity index (χ0n) is 16.3. The van der Waals surface area contributed by atoms with Crippen LogP contribution in [0.1, 0.15) is 60.4 Å². The van der Waals surface area contributed by atoms with E-state index in [1.807, 2.05) is 4.90 Å². The summed E-state index contributed by atoms with van der Waals surface area (Å²) in [5.41, 5.74) is 7.98. The summed E-state index contributed by atoms with van der Waals surface area (Å²) in [6.45, 7) is 2.56. The van der Waals surface area contributed by atoms with Gasteiger partial charge in [0.05, 0.1) is 12.6 Å². The number of hydrogen-bond donors (Lipinski definition) is 1. The van der Waals surface area contributed by atoms with Gasteiger partial charge >= 0.3 is 0 Å². The first-order chi connectivity index (χ1) is 13.2. The lowest BCUT2D eigenvalue weighted by molar-refractivity contribution is -0.131. The average molecular weight is 364 g/mol. The van der Waals surface area contributed by atoms with Gasteiger partial charge in [0.15, 0.2) is 0 Å². The van der Waals surface area contributed by atoms with Crippen molar-refractivity contribution in [2.45, 2.75) is 82.8 Å². The monoisotopic (exact) mass is 363 g/mol. The lowest BCUT2D eigenvalue weighted by atomic mass is 9.90. The third kappa shape index (κ3) is 2.97. The fourth-order valence-electron chi connectivity index (χ4n) is 5.84. The molecule has 4 heteroatoms. The molecule has 0 aromatic heterocycles. The predicted molar refractivity (Wildman–Crippen MR) is 104 cm³/mol. The molecule has 4 nitrogen and oxygen atoms in total. The molecule has 142 valence electrons. The molecule has 1 saturated carbocycles. The Kier molecular flexibility index (Phi) is 4.24. The fraction of sp³-hybridized carbons (Fsp3) is 0.652. The molecule has 4 aliphatic rings. The van der Waals surface area contributed by atoms with Gasteiger partial charge in [-0.2, -0.15) is 5.26 Å². The molecule has 0 spiro atoms. The van der Waals surface area contributed by atoms with Crippen LogP contribution in [0, 0.1) is 17.2 Å². The molecule has 27 heavy (non-hydrogen) atoms. The lowest BCUT2D eigenvalue weighted by Gasteiger charge is -2.24. The topological polar surface area (TPSA) is 56.1 Å². The molecule has 1 aromatic rings. The Balaban J connectivity index is 1.25. The van der Waals surface area contributed by atoms with Crippen LogP contribution in [0.5, 0.6) is 0 Å². The standard InChI is InChI=1S/C23H29N3O/c1-14(25-13-23(27)26-18(12-24)10-17-11-22(17)26)8-21-19-6-2-4-15(19)9-16-5-3-7-20(16)21/h9,14,17-18,22,25H,2-8,10-11,13H2,1H3/t14?,17-,18+,22+/m1/s1. The van der Waals surface area contributed by atoms with Crippen molar-refractivity contribution in [2.24, 2.45) is 5.92 Å². The molecule has 1 unspecified atom stereocenters. The quantitative estimate of drug-likeness (QED) is 0.875. The van der Waals surface area contributed by atoms with Crippen molar-refractivity contribution in [3.63, 3.8) is 0 Å². The van der Waals surface area contributed by atoms with Gasteiger partial charge in [-0.3, -0.25) is 4.79 Å². The number of benzene rings is 1. The molecule has 5 rings (SSSR count). The highest BCUT2D eigenvalue weighted by molar-refractivity contribution is 5.80. The van der Waals surface area contributed by atoms with Crippen molar-refractivity contribution in [3.05, 3.63) is 33.9 Å². The Morgan fingerprint density at radius 3 is 2.59 bits per heavy atom. The van der Waals surface area contributed by atoms with Crippen LogP contribution < -0.4 is 5.32 Å². The maximum Gasteiger partial charge on any atom is 0.237 e. The summed E-state index contributed by atoms with van der Waals surface area (Å²) in [4.78, 5) is 14.6. The molecule has 1 amide bonds. The summed E-state index contributed by atoms with van der Waals surface area (Å²) >= 11 is 0. The van der Waals surface area contributed by atoms with Crippen molar-refractivity contribution in [3.8, 4) is 6.07 Å². The molecule has 3 aliphatic carbocycles. The highest BCUT2D eigenvalue weighted by Gasteiger charge is 2.53. The van der Waals surface area contributed by atoms with Crippen LogP contribution in [-0.2, 0) is 36.9 Å². The second-order valence-corrected chi connectivity index (χ2v) is 9.07. The fourth-order valence-corrected chi connectivity index (χ4v) is 5.84. The third-order valence-corrected chi connectivity index (χ3v) is 7.25. The van der Waals surface area contributed by atoms with Gasteiger partial charge in [-0.25, -0.2) is 0 Å². The van der Waals surface area contributed by atoms with Gasteiger partial charge in [-0.05, 0) is 98.4 Å². The van der Waals surface area contributed by atoms with Gasteiger partial charge in [0.2, 0.25) is 5.91 Å². The molecule has 2 fully saturated rings. The van der Waals surface area contributed by atoms with Gasteiger partial charge in [0, 0.05) is 12.1 Å². The first-order valence-corrected chi connectivity index (χ1v) is 10.7. The highest BCUT2D eigenvalue weighted by atomic mass is 16.2. The summed E-state index contributed by atoms with van der Waals surface area (Å²) in [5.74, 6) is 0.701. The minimum absolute atomic E-state index is 0.113. The largest absolute Gasteiger partial charge is 0.322 e. The first kappa shape index (κ1) is 17.3. The Morgan fingerprint density at radius 1 is 1.22 bits per heavy atom. The molecule has 1 saturated heterocycles. The predicted octanol–water partition coefficient (Wildman–Crippen LogP) is 2.70. The second-order valence-electron chi connectivity index (χ2n) is 9.07. The maximum atomic E-state index is 12.7. The number of nitriles is 1. The minimum Gasteiger partial charge on any atom is -0.322 e. The van der Waals surface area contributed by atoms with E-state index in [2.05, 4.69) is 24.4 Å². The molecule has 1 N–H and O–H groups in total. The maximum absolute atomic E-state index is 12.7. The zero-order chi connectivity index (χ0) is 18.5. The van der Waals surface area contributed by atoms with Crippen molar-refractivity contribution in [2.75, 3.05) is 6.54 Å². The van der Waals surface area contributed by atoms with Crippen LogP contribution in [0.3, 0.4) is 0 Å². The molecule has 0 bridgehead atoms. The third-order valence-electron chi connectivity index (χ3n) is 7.25. The van der Waals surface area contributed by atoms with E-state index in [0.717, 1.165) is 19.3 Å². The molecular formula is C23H29N3O. The number of aryl methyl sites for hydroxylation is 2. The molecule has 0 radical (unpaired) electrons. The van der Waals surface area contributed by atoms with Crippen LogP contribution in [0.4, 0.5) is 0 Å². The summed E-state index contributed by atoms with van der Waals surface area (Å²) in [5, 5.41) is 12.8. The van der Waals surface area contributed by atoms with Crippen molar-refractivity contribution in [1.82, 2.24) is 10.2 Å². The molecule has 1 heterocycles. The van der Waals surface area contributed by atoms with Gasteiger partial charge < -0.3 is 10.2 Å². The van der Waals surface area contributed by atoms with E-state index in [1.54, 1.807) is 27.8 Å². The van der Waals surface area contributed by atoms with Crippen molar-refractivity contribution < 1.29 is 4.79 Å². The minimum atomic E-state index is -0.195. The number of rotatable bonds is 5. The molecule has 1 aromatic carbocycles. The van der Waals surface area contributed by atoms with E-state index >= 15 is 0 Å². The SMILES string of the molecule is CC(Cc1c2c(cc3c1CCC3)CCC2)NCC(=O)N1[C@H](C#N)C[C@@H]2C[C@@H]21. The Morgan fingerprint density at radius 2 is 1.93 bits per heavy atom. The van der Waals surface area contributed by atoms with E-state index in [-0.39, 0.29) is 18.0 Å². The van der Waals surface area contributed by atoms with Crippen molar-refractivity contribution in [1.29, 1.82) is 5.26 Å². The van der Waals surface area contributed by atoms with Gasteiger partial charge in [0.25, 0.3) is 0 Å². The van der Waals surface area contributed by atoms with E-state index in [1.165, 1.54) is 38.5 Å². The van der Waals surface area contributed by atoms with Crippen LogP contribution in [0.2, 0.25) is 0 Å². The summed E-state index contributed by atoms with van der Waals surface area (Å²) in [6, 6.07) is 5.23. The van der Waals surface area contributed by atoms with Gasteiger partial charge in [-0.15, -0.1) is 0 Å². The van der Waals surface area contributed by atoms with Gasteiger partial charge in [-0.1, -0.05) is 6.07 Å². The van der Waals surface area contributed by atoms with Crippen LogP contribution in [0.25, 0.3) is 0 Å². The number of fused-ring (bicyclic) bond motifs is 3. The molecule has 1 aliphatic heterocycles. The lowest BCUT2D eigenvalue weighted by Crippen LogP contribution is -2.45. The number of nitrogens with zero attached hydrogens (tertiary/aromatic N) is 2. The van der Waals surface area contributed by atoms with Crippen LogP contribution >= 0.6 is 0 Å². The number of carbonyl (C=O) groups is 1.